The lowest BCUT2D eigenvalue weighted by Gasteiger charge is -2.30. The van der Waals surface area contributed by atoms with Crippen LogP contribution in [0.2, 0.25) is 0 Å². The summed E-state index contributed by atoms with van der Waals surface area (Å²) in [6.45, 7) is 3.80. The number of thiocarbonyl (C=S) groups is 1. The summed E-state index contributed by atoms with van der Waals surface area (Å²) in [6, 6.07) is 14.2. The predicted octanol–water partition coefficient (Wildman–Crippen LogP) is 4.45. The van der Waals surface area contributed by atoms with Gasteiger partial charge in [-0.1, -0.05) is 28.9 Å². The molecule has 0 spiro atoms. The molecule has 2 N–H and O–H groups in total. The van der Waals surface area contributed by atoms with E-state index in [9.17, 15) is 9.59 Å². The van der Waals surface area contributed by atoms with Crippen LogP contribution in [0, 0.1) is 5.92 Å². The third-order valence-corrected chi connectivity index (χ3v) is 5.50. The summed E-state index contributed by atoms with van der Waals surface area (Å²) in [4.78, 5) is 26.9. The molecule has 2 amide bonds. The summed E-state index contributed by atoms with van der Waals surface area (Å²) in [7, 11) is 0. The molecule has 1 aliphatic heterocycles. The van der Waals surface area contributed by atoms with Gasteiger partial charge in [-0.3, -0.25) is 14.9 Å². The van der Waals surface area contributed by atoms with Gasteiger partial charge in [0.2, 0.25) is 0 Å². The predicted molar refractivity (Wildman–Crippen MR) is 119 cm³/mol. The number of halogens is 1. The quantitative estimate of drug-likeness (QED) is 0.665. The number of benzene rings is 2. The fourth-order valence-corrected chi connectivity index (χ4v) is 3.54. The molecule has 0 unspecified atom stereocenters. The van der Waals surface area contributed by atoms with Gasteiger partial charge in [-0.2, -0.15) is 0 Å². The Balaban J connectivity index is 1.60. The fourth-order valence-electron chi connectivity index (χ4n) is 3.06. The Labute approximate surface area is 178 Å². The number of anilines is 1. The third-order valence-electron chi connectivity index (χ3n) is 4.77. The zero-order valence-corrected chi connectivity index (χ0v) is 18.0. The highest BCUT2D eigenvalue weighted by Crippen LogP contribution is 2.19. The molecule has 0 bridgehead atoms. The molecule has 28 heavy (non-hydrogen) atoms. The second-order valence-electron chi connectivity index (χ2n) is 6.97. The molecule has 0 aromatic heterocycles. The Morgan fingerprint density at radius 2 is 1.75 bits per heavy atom. The van der Waals surface area contributed by atoms with Gasteiger partial charge < -0.3 is 10.2 Å². The molecule has 1 saturated heterocycles. The van der Waals surface area contributed by atoms with Crippen LogP contribution in [-0.2, 0) is 0 Å². The zero-order chi connectivity index (χ0) is 20.1. The highest BCUT2D eigenvalue weighted by atomic mass is 79.9. The molecule has 2 aromatic carbocycles. The lowest BCUT2D eigenvalue weighted by molar-refractivity contribution is 0.0697. The molecule has 1 fully saturated rings. The Bertz CT molecular complexity index is 877. The van der Waals surface area contributed by atoms with E-state index in [1.807, 2.05) is 11.0 Å². The second kappa shape index (κ2) is 9.30. The van der Waals surface area contributed by atoms with Crippen molar-refractivity contribution in [2.45, 2.75) is 19.8 Å². The van der Waals surface area contributed by atoms with Crippen LogP contribution in [0.1, 0.15) is 40.5 Å². The van der Waals surface area contributed by atoms with Crippen LogP contribution in [0.15, 0.2) is 53.0 Å². The molecule has 7 heteroatoms. The zero-order valence-electron chi connectivity index (χ0n) is 15.6. The number of nitrogens with zero attached hydrogens (tertiary/aromatic N) is 1. The summed E-state index contributed by atoms with van der Waals surface area (Å²) >= 11 is 8.58. The van der Waals surface area contributed by atoms with Gasteiger partial charge in [0.25, 0.3) is 11.8 Å². The molecule has 1 heterocycles. The van der Waals surface area contributed by atoms with Crippen LogP contribution in [0.5, 0.6) is 0 Å². The second-order valence-corrected chi connectivity index (χ2v) is 8.29. The summed E-state index contributed by atoms with van der Waals surface area (Å²) in [5.74, 6) is 0.406. The summed E-state index contributed by atoms with van der Waals surface area (Å²) < 4.78 is 0.898. The van der Waals surface area contributed by atoms with Gasteiger partial charge in [-0.15, -0.1) is 0 Å². The Hall–Kier alpha value is -2.25. The van der Waals surface area contributed by atoms with Gasteiger partial charge in [-0.25, -0.2) is 0 Å². The van der Waals surface area contributed by atoms with E-state index in [0.717, 1.165) is 30.4 Å². The van der Waals surface area contributed by atoms with E-state index in [4.69, 9.17) is 12.2 Å². The molecule has 3 rings (SSSR count). The average Bonchev–Trinajstić information content (AvgIpc) is 2.68. The van der Waals surface area contributed by atoms with E-state index in [1.54, 1.807) is 42.5 Å². The van der Waals surface area contributed by atoms with Crippen molar-refractivity contribution in [1.82, 2.24) is 10.2 Å². The summed E-state index contributed by atoms with van der Waals surface area (Å²) in [5, 5.41) is 5.82. The van der Waals surface area contributed by atoms with E-state index in [2.05, 4.69) is 33.5 Å². The normalized spacial score (nSPS) is 14.4. The van der Waals surface area contributed by atoms with Crippen LogP contribution in [0.25, 0.3) is 0 Å². The van der Waals surface area contributed by atoms with E-state index >= 15 is 0 Å². The first-order valence-corrected chi connectivity index (χ1v) is 10.4. The number of nitrogens with one attached hydrogen (secondary N) is 2. The van der Waals surface area contributed by atoms with Gasteiger partial charge in [0, 0.05) is 34.4 Å². The number of carbonyl (C=O) groups is 2. The molecule has 0 atom stereocenters. The van der Waals surface area contributed by atoms with E-state index < -0.39 is 0 Å². The molecular weight excluding hydrogens is 438 g/mol. The molecule has 1 aliphatic rings. The van der Waals surface area contributed by atoms with Crippen LogP contribution in [-0.4, -0.2) is 34.9 Å². The maximum Gasteiger partial charge on any atom is 0.257 e. The smallest absolute Gasteiger partial charge is 0.257 e. The Morgan fingerprint density at radius 3 is 2.43 bits per heavy atom. The van der Waals surface area contributed by atoms with Crippen molar-refractivity contribution in [2.24, 2.45) is 5.92 Å². The van der Waals surface area contributed by atoms with Crippen molar-refractivity contribution in [3.05, 3.63) is 64.1 Å². The minimum absolute atomic E-state index is 0.0281. The number of amides is 2. The first-order chi connectivity index (χ1) is 13.4. The number of rotatable bonds is 3. The van der Waals surface area contributed by atoms with Crippen LogP contribution >= 0.6 is 28.1 Å². The maximum atomic E-state index is 12.7. The number of hydrogen-bond acceptors (Lipinski definition) is 3. The van der Waals surface area contributed by atoms with Crippen molar-refractivity contribution in [1.29, 1.82) is 0 Å². The van der Waals surface area contributed by atoms with Crippen molar-refractivity contribution < 1.29 is 9.59 Å². The van der Waals surface area contributed by atoms with Crippen molar-refractivity contribution in [3.63, 3.8) is 0 Å². The third kappa shape index (κ3) is 5.39. The SMILES string of the molecule is CC1CCN(C(=O)c2cccc(NC(=S)NC(=O)c3ccc(Br)cc3)c2)CC1. The molecule has 0 aliphatic carbocycles. The number of hydrogen-bond donors (Lipinski definition) is 2. The van der Waals surface area contributed by atoms with E-state index in [0.29, 0.717) is 22.7 Å². The van der Waals surface area contributed by atoms with Gasteiger partial charge in [0.1, 0.15) is 0 Å². The van der Waals surface area contributed by atoms with Crippen molar-refractivity contribution in [3.8, 4) is 0 Å². The standard InChI is InChI=1S/C21H22BrN3O2S/c1-14-9-11-25(12-10-14)20(27)16-3-2-4-18(13-16)23-21(28)24-19(26)15-5-7-17(22)8-6-15/h2-8,13-14H,9-12H2,1H3,(H2,23,24,26,28). The van der Waals surface area contributed by atoms with Crippen LogP contribution in [0.3, 0.4) is 0 Å². The number of carbonyl (C=O) groups excluding carboxylic acids is 2. The first-order valence-electron chi connectivity index (χ1n) is 9.19. The minimum Gasteiger partial charge on any atom is -0.339 e. The van der Waals surface area contributed by atoms with Gasteiger partial charge >= 0.3 is 0 Å². The molecular formula is C21H22BrN3O2S. The lowest BCUT2D eigenvalue weighted by atomic mass is 9.98. The topological polar surface area (TPSA) is 61.4 Å². The molecule has 0 saturated carbocycles. The van der Waals surface area contributed by atoms with E-state index in [-0.39, 0.29) is 16.9 Å². The monoisotopic (exact) mass is 459 g/mol. The molecule has 5 nitrogen and oxygen atoms in total. The van der Waals surface area contributed by atoms with Gasteiger partial charge in [-0.05, 0) is 73.4 Å². The molecule has 0 radical (unpaired) electrons. The van der Waals surface area contributed by atoms with Crippen molar-refractivity contribution in [2.75, 3.05) is 18.4 Å². The number of piperidine rings is 1. The summed E-state index contributed by atoms with van der Waals surface area (Å²) in [5.41, 5.74) is 1.79. The van der Waals surface area contributed by atoms with Gasteiger partial charge in [0.05, 0.1) is 0 Å². The highest BCUT2D eigenvalue weighted by molar-refractivity contribution is 9.10. The summed E-state index contributed by atoms with van der Waals surface area (Å²) in [6.07, 6.45) is 2.08. The Kier molecular flexibility index (Phi) is 6.80. The largest absolute Gasteiger partial charge is 0.339 e. The first kappa shape index (κ1) is 20.5. The van der Waals surface area contributed by atoms with E-state index in [1.165, 1.54) is 0 Å². The van der Waals surface area contributed by atoms with Crippen LogP contribution < -0.4 is 10.6 Å². The van der Waals surface area contributed by atoms with Crippen molar-refractivity contribution >= 4 is 50.8 Å². The maximum absolute atomic E-state index is 12.7. The minimum atomic E-state index is -0.292. The fraction of sp³-hybridized carbons (Fsp3) is 0.286. The number of likely N-dealkylation sites (tertiary alicyclic amines) is 1. The lowest BCUT2D eigenvalue weighted by Crippen LogP contribution is -2.38. The highest BCUT2D eigenvalue weighted by Gasteiger charge is 2.21. The average molecular weight is 460 g/mol. The Morgan fingerprint density at radius 1 is 1.07 bits per heavy atom. The molecule has 146 valence electrons. The van der Waals surface area contributed by atoms with Crippen LogP contribution in [0.4, 0.5) is 5.69 Å². The molecule has 2 aromatic rings. The van der Waals surface area contributed by atoms with Gasteiger partial charge in [0.15, 0.2) is 5.11 Å².